The summed E-state index contributed by atoms with van der Waals surface area (Å²) in [5.41, 5.74) is 3.96. The van der Waals surface area contributed by atoms with E-state index in [-0.39, 0.29) is 11.7 Å². The molecule has 0 unspecified atom stereocenters. The van der Waals surface area contributed by atoms with Crippen molar-refractivity contribution in [2.45, 2.75) is 38.8 Å². The lowest BCUT2D eigenvalue weighted by Crippen LogP contribution is -2.16. The fourth-order valence-electron chi connectivity index (χ4n) is 2.69. The van der Waals surface area contributed by atoms with Gasteiger partial charge in [-0.25, -0.2) is 0 Å². The Labute approximate surface area is 156 Å². The van der Waals surface area contributed by atoms with Gasteiger partial charge in [-0.05, 0) is 37.0 Å². The Kier molecular flexibility index (Phi) is 5.78. The zero-order valence-corrected chi connectivity index (χ0v) is 15.9. The largest absolute Gasteiger partial charge is 0.469 e. The van der Waals surface area contributed by atoms with E-state index in [9.17, 15) is 4.79 Å². The summed E-state index contributed by atoms with van der Waals surface area (Å²) in [6.45, 7) is 5.99. The van der Waals surface area contributed by atoms with E-state index in [1.54, 1.807) is 12.3 Å². The van der Waals surface area contributed by atoms with Gasteiger partial charge < -0.3 is 14.2 Å². The Hall–Kier alpha value is -2.54. The predicted octanol–water partition coefficient (Wildman–Crippen LogP) is 4.49. The Morgan fingerprint density at radius 3 is 2.50 bits per heavy atom. The number of nitrogens with zero attached hydrogens (tertiary/aromatic N) is 2. The van der Waals surface area contributed by atoms with Crippen molar-refractivity contribution < 1.29 is 13.6 Å². The maximum atomic E-state index is 12.4. The first-order valence-corrected chi connectivity index (χ1v) is 9.52. The molecule has 0 bridgehead atoms. The van der Waals surface area contributed by atoms with Crippen LogP contribution in [0.1, 0.15) is 30.7 Å². The number of carbonyl (C=O) groups excluding carboxylic acids is 1. The second-order valence-electron chi connectivity index (χ2n) is 5.76. The smallest absolute Gasteiger partial charge is 0.277 e. The lowest BCUT2D eigenvalue weighted by atomic mass is 10.0. The van der Waals surface area contributed by atoms with Gasteiger partial charge in [0.25, 0.3) is 11.1 Å². The maximum Gasteiger partial charge on any atom is 0.277 e. The van der Waals surface area contributed by atoms with Gasteiger partial charge in [-0.3, -0.25) is 4.79 Å². The Morgan fingerprint density at radius 1 is 1.15 bits per heavy atom. The van der Waals surface area contributed by atoms with Crippen molar-refractivity contribution in [3.63, 3.8) is 0 Å². The summed E-state index contributed by atoms with van der Waals surface area (Å²) in [5, 5.41) is 11.4. The Bertz CT molecular complexity index is 879. The van der Waals surface area contributed by atoms with Crippen LogP contribution < -0.4 is 5.32 Å². The number of rotatable bonds is 7. The third kappa shape index (κ3) is 3.99. The first-order valence-electron chi connectivity index (χ1n) is 8.53. The van der Waals surface area contributed by atoms with Crippen molar-refractivity contribution >= 4 is 23.4 Å². The third-order valence-electron chi connectivity index (χ3n) is 4.09. The second-order valence-corrected chi connectivity index (χ2v) is 6.69. The highest BCUT2D eigenvalue weighted by Gasteiger charge is 2.15. The fourth-order valence-corrected chi connectivity index (χ4v) is 3.25. The number of amides is 1. The summed E-state index contributed by atoms with van der Waals surface area (Å²) in [4.78, 5) is 12.4. The van der Waals surface area contributed by atoms with Crippen molar-refractivity contribution in [2.24, 2.45) is 0 Å². The fraction of sp³-hybridized carbons (Fsp3) is 0.316. The summed E-state index contributed by atoms with van der Waals surface area (Å²) in [5.74, 6) is 1.22. The van der Waals surface area contributed by atoms with Crippen molar-refractivity contribution in [1.29, 1.82) is 0 Å². The molecule has 0 fully saturated rings. The van der Waals surface area contributed by atoms with Gasteiger partial charge in [-0.15, -0.1) is 10.2 Å². The molecule has 0 aliphatic rings. The highest BCUT2D eigenvalue weighted by Crippen LogP contribution is 2.27. The van der Waals surface area contributed by atoms with Crippen molar-refractivity contribution in [1.82, 2.24) is 10.2 Å². The summed E-state index contributed by atoms with van der Waals surface area (Å²) in [6, 6.07) is 7.89. The molecular weight excluding hydrogens is 350 g/mol. The number of carbonyl (C=O) groups is 1. The Morgan fingerprint density at radius 2 is 1.88 bits per heavy atom. The first kappa shape index (κ1) is 18.3. The van der Waals surface area contributed by atoms with E-state index in [1.807, 2.05) is 25.1 Å². The number of benzene rings is 1. The second kappa shape index (κ2) is 8.23. The molecule has 3 aromatic rings. The summed E-state index contributed by atoms with van der Waals surface area (Å²) in [6.07, 6.45) is 3.31. The van der Waals surface area contributed by atoms with E-state index >= 15 is 0 Å². The van der Waals surface area contributed by atoms with Crippen LogP contribution in [0.5, 0.6) is 0 Å². The lowest BCUT2D eigenvalue weighted by Gasteiger charge is -2.13. The number of thioether (sulfide) groups is 1. The minimum absolute atomic E-state index is 0.0927. The average molecular weight is 371 g/mol. The van der Waals surface area contributed by atoms with Gasteiger partial charge in [0.1, 0.15) is 5.76 Å². The first-order chi connectivity index (χ1) is 12.6. The predicted molar refractivity (Wildman–Crippen MR) is 101 cm³/mol. The number of aryl methyl sites for hydroxylation is 3. The molecule has 0 saturated carbocycles. The van der Waals surface area contributed by atoms with Crippen LogP contribution in [0.2, 0.25) is 0 Å². The number of nitrogens with one attached hydrogen (secondary N) is 1. The van der Waals surface area contributed by atoms with Crippen LogP contribution in [0, 0.1) is 6.92 Å². The highest BCUT2D eigenvalue weighted by atomic mass is 32.2. The summed E-state index contributed by atoms with van der Waals surface area (Å²) in [7, 11) is 0. The van der Waals surface area contributed by atoms with E-state index in [0.29, 0.717) is 16.9 Å². The molecule has 1 N–H and O–H groups in total. The average Bonchev–Trinajstić information content (AvgIpc) is 3.28. The number of aromatic nitrogens is 2. The van der Waals surface area contributed by atoms with Gasteiger partial charge in [0.15, 0.2) is 0 Å². The highest BCUT2D eigenvalue weighted by molar-refractivity contribution is 7.99. The standard InChI is InChI=1S/C19H21N3O3S/c1-4-13-7-6-8-14(5-2)17(13)20-16(23)11-26-19-22-21-18(25-19)15-9-10-24-12(15)3/h6-10H,4-5,11H2,1-3H3,(H,20,23). The topological polar surface area (TPSA) is 81.2 Å². The zero-order chi connectivity index (χ0) is 18.5. The molecule has 6 nitrogen and oxygen atoms in total. The third-order valence-corrected chi connectivity index (χ3v) is 4.90. The van der Waals surface area contributed by atoms with E-state index in [1.165, 1.54) is 11.8 Å². The Balaban J connectivity index is 1.64. The molecule has 2 aromatic heterocycles. The molecule has 0 aliphatic carbocycles. The number of hydrogen-bond acceptors (Lipinski definition) is 6. The summed E-state index contributed by atoms with van der Waals surface area (Å²) < 4.78 is 10.8. The molecule has 0 aliphatic heterocycles. The molecule has 136 valence electrons. The molecule has 7 heteroatoms. The number of hydrogen-bond donors (Lipinski definition) is 1. The van der Waals surface area contributed by atoms with Gasteiger partial charge in [0, 0.05) is 5.69 Å². The molecule has 26 heavy (non-hydrogen) atoms. The van der Waals surface area contributed by atoms with Crippen LogP contribution in [0.4, 0.5) is 5.69 Å². The molecule has 3 rings (SSSR count). The van der Waals surface area contributed by atoms with Crippen LogP contribution >= 0.6 is 11.8 Å². The number of furan rings is 1. The normalized spacial score (nSPS) is 10.9. The van der Waals surface area contributed by atoms with Gasteiger partial charge >= 0.3 is 0 Å². The minimum atomic E-state index is -0.0927. The van der Waals surface area contributed by atoms with Gasteiger partial charge in [0.2, 0.25) is 5.91 Å². The molecular formula is C19H21N3O3S. The lowest BCUT2D eigenvalue weighted by molar-refractivity contribution is -0.113. The molecule has 1 amide bonds. The molecule has 0 radical (unpaired) electrons. The SMILES string of the molecule is CCc1cccc(CC)c1NC(=O)CSc1nnc(-c2ccoc2C)o1. The summed E-state index contributed by atoms with van der Waals surface area (Å²) >= 11 is 1.22. The van der Waals surface area contributed by atoms with E-state index < -0.39 is 0 Å². The molecule has 0 spiro atoms. The molecule has 0 saturated heterocycles. The molecule has 1 aromatic carbocycles. The quantitative estimate of drug-likeness (QED) is 0.616. The van der Waals surface area contributed by atoms with E-state index in [4.69, 9.17) is 8.83 Å². The number of para-hydroxylation sites is 1. The number of anilines is 1. The maximum absolute atomic E-state index is 12.4. The van der Waals surface area contributed by atoms with Crippen molar-refractivity contribution in [3.8, 4) is 11.5 Å². The monoisotopic (exact) mass is 371 g/mol. The van der Waals surface area contributed by atoms with Crippen LogP contribution in [0.25, 0.3) is 11.5 Å². The van der Waals surface area contributed by atoms with Crippen molar-refractivity contribution in [2.75, 3.05) is 11.1 Å². The van der Waals surface area contributed by atoms with Crippen LogP contribution in [-0.2, 0) is 17.6 Å². The van der Waals surface area contributed by atoms with Crippen LogP contribution in [0.3, 0.4) is 0 Å². The van der Waals surface area contributed by atoms with Gasteiger partial charge in [-0.2, -0.15) is 0 Å². The molecule has 2 heterocycles. The van der Waals surface area contributed by atoms with E-state index in [0.717, 1.165) is 35.2 Å². The zero-order valence-electron chi connectivity index (χ0n) is 15.0. The van der Waals surface area contributed by atoms with Gasteiger partial charge in [-0.1, -0.05) is 43.8 Å². The van der Waals surface area contributed by atoms with Gasteiger partial charge in [0.05, 0.1) is 17.6 Å². The van der Waals surface area contributed by atoms with Crippen LogP contribution in [-0.4, -0.2) is 21.9 Å². The van der Waals surface area contributed by atoms with Crippen molar-refractivity contribution in [3.05, 3.63) is 47.4 Å². The molecule has 0 atom stereocenters. The van der Waals surface area contributed by atoms with Crippen LogP contribution in [0.15, 0.2) is 44.6 Å². The van der Waals surface area contributed by atoms with E-state index in [2.05, 4.69) is 29.4 Å². The minimum Gasteiger partial charge on any atom is -0.469 e.